The van der Waals surface area contributed by atoms with E-state index >= 15 is 0 Å². The summed E-state index contributed by atoms with van der Waals surface area (Å²) in [5, 5.41) is 0. The first-order chi connectivity index (χ1) is 7.15. The molecule has 2 aromatic heterocycles. The zero-order valence-corrected chi connectivity index (χ0v) is 9.15. The average Bonchev–Trinajstić information content (AvgIpc) is 2.57. The second-order valence-electron chi connectivity index (χ2n) is 3.49. The third kappa shape index (κ3) is 1.42. The normalized spacial score (nSPS) is 10.9. The minimum Gasteiger partial charge on any atom is -0.478 e. The van der Waals surface area contributed by atoms with Crippen molar-refractivity contribution in [3.05, 3.63) is 34.4 Å². The molecule has 0 aliphatic carbocycles. The summed E-state index contributed by atoms with van der Waals surface area (Å²) in [6.45, 7) is 4.42. The topological polar surface area (TPSA) is 35.6 Å². The van der Waals surface area contributed by atoms with Crippen LogP contribution < -0.4 is 10.3 Å². The molecular formula is C11H14N2O2. The Morgan fingerprint density at radius 2 is 2.13 bits per heavy atom. The molecule has 0 amide bonds. The lowest BCUT2D eigenvalue weighted by molar-refractivity contribution is 0.309. The van der Waals surface area contributed by atoms with Crippen molar-refractivity contribution in [3.63, 3.8) is 0 Å². The highest BCUT2D eigenvalue weighted by Crippen LogP contribution is 2.12. The molecule has 80 valence electrons. The first kappa shape index (κ1) is 9.83. The van der Waals surface area contributed by atoms with Gasteiger partial charge in [-0.15, -0.1) is 0 Å². The average molecular weight is 206 g/mol. The molecule has 0 aliphatic rings. The van der Waals surface area contributed by atoms with E-state index in [2.05, 4.69) is 0 Å². The van der Waals surface area contributed by atoms with Crippen LogP contribution in [0, 0.1) is 6.92 Å². The smallest absolute Gasteiger partial charge is 0.277 e. The summed E-state index contributed by atoms with van der Waals surface area (Å²) in [6.07, 6.45) is 1.84. The highest BCUT2D eigenvalue weighted by atomic mass is 16.5. The molecular weight excluding hydrogens is 192 g/mol. The Bertz CT molecular complexity index is 551. The van der Waals surface area contributed by atoms with Crippen LogP contribution >= 0.6 is 0 Å². The van der Waals surface area contributed by atoms with Gasteiger partial charge in [0.15, 0.2) is 0 Å². The fraction of sp³-hybridized carbons (Fsp3) is 0.364. The zero-order chi connectivity index (χ0) is 11.0. The Morgan fingerprint density at radius 1 is 1.40 bits per heavy atom. The van der Waals surface area contributed by atoms with Gasteiger partial charge in [0.25, 0.3) is 5.56 Å². The van der Waals surface area contributed by atoms with Crippen molar-refractivity contribution in [2.45, 2.75) is 13.8 Å². The quantitative estimate of drug-likeness (QED) is 0.743. The minimum atomic E-state index is -0.0333. The van der Waals surface area contributed by atoms with Crippen molar-refractivity contribution in [2.24, 2.45) is 7.05 Å². The van der Waals surface area contributed by atoms with Crippen molar-refractivity contribution in [1.29, 1.82) is 0 Å². The maximum atomic E-state index is 11.9. The molecule has 2 heterocycles. The molecule has 0 aromatic carbocycles. The molecule has 0 N–H and O–H groups in total. The van der Waals surface area contributed by atoms with Gasteiger partial charge in [0.2, 0.25) is 5.88 Å². The molecule has 4 heteroatoms. The van der Waals surface area contributed by atoms with Gasteiger partial charge in [-0.1, -0.05) is 0 Å². The summed E-state index contributed by atoms with van der Waals surface area (Å²) >= 11 is 0. The van der Waals surface area contributed by atoms with E-state index in [0.717, 1.165) is 5.69 Å². The van der Waals surface area contributed by atoms with Gasteiger partial charge >= 0.3 is 0 Å². The number of hydrogen-bond acceptors (Lipinski definition) is 2. The highest BCUT2D eigenvalue weighted by Gasteiger charge is 2.07. The third-order valence-electron chi connectivity index (χ3n) is 2.51. The largest absolute Gasteiger partial charge is 0.478 e. The predicted molar refractivity (Wildman–Crippen MR) is 58.5 cm³/mol. The van der Waals surface area contributed by atoms with Gasteiger partial charge in [-0.2, -0.15) is 0 Å². The van der Waals surface area contributed by atoms with Gasteiger partial charge in [0, 0.05) is 12.7 Å². The standard InChI is InChI=1S/C11H14N2O2/c1-4-15-10-7-13-8(2)5-6-9(13)11(14)12(10)3/h5-7H,4H2,1-3H3. The second-order valence-corrected chi connectivity index (χ2v) is 3.49. The molecule has 15 heavy (non-hydrogen) atoms. The Balaban J connectivity index is 2.79. The van der Waals surface area contributed by atoms with E-state index in [4.69, 9.17) is 4.74 Å². The number of ether oxygens (including phenoxy) is 1. The molecule has 0 bridgehead atoms. The van der Waals surface area contributed by atoms with Gasteiger partial charge < -0.3 is 9.14 Å². The van der Waals surface area contributed by atoms with Crippen LogP contribution in [-0.4, -0.2) is 15.6 Å². The molecule has 4 nitrogen and oxygen atoms in total. The molecule has 2 aromatic rings. The van der Waals surface area contributed by atoms with Gasteiger partial charge in [-0.05, 0) is 26.0 Å². The van der Waals surface area contributed by atoms with Crippen molar-refractivity contribution in [3.8, 4) is 5.88 Å². The molecule has 0 radical (unpaired) electrons. The van der Waals surface area contributed by atoms with E-state index in [1.54, 1.807) is 7.05 Å². The van der Waals surface area contributed by atoms with Crippen molar-refractivity contribution >= 4 is 5.52 Å². The summed E-state index contributed by atoms with van der Waals surface area (Å²) in [5.74, 6) is 0.592. The number of aromatic nitrogens is 2. The van der Waals surface area contributed by atoms with E-state index in [9.17, 15) is 4.79 Å². The summed E-state index contributed by atoms with van der Waals surface area (Å²) in [7, 11) is 1.72. The van der Waals surface area contributed by atoms with Gasteiger partial charge in [0.1, 0.15) is 5.52 Å². The van der Waals surface area contributed by atoms with Crippen molar-refractivity contribution in [2.75, 3.05) is 6.61 Å². The lowest BCUT2D eigenvalue weighted by atomic mass is 10.5. The second kappa shape index (κ2) is 3.46. The molecule has 0 atom stereocenters. The SMILES string of the molecule is CCOc1cn2c(C)ccc2c(=O)n1C. The van der Waals surface area contributed by atoms with E-state index in [-0.39, 0.29) is 5.56 Å². The highest BCUT2D eigenvalue weighted by molar-refractivity contribution is 5.48. The fourth-order valence-corrected chi connectivity index (χ4v) is 1.65. The van der Waals surface area contributed by atoms with Gasteiger partial charge in [-0.25, -0.2) is 0 Å². The van der Waals surface area contributed by atoms with Crippen LogP contribution in [0.3, 0.4) is 0 Å². The van der Waals surface area contributed by atoms with E-state index in [1.165, 1.54) is 4.57 Å². The van der Waals surface area contributed by atoms with Crippen LogP contribution in [0.2, 0.25) is 0 Å². The maximum Gasteiger partial charge on any atom is 0.277 e. The molecule has 0 fully saturated rings. The first-order valence-electron chi connectivity index (χ1n) is 4.95. The summed E-state index contributed by atoms with van der Waals surface area (Å²) in [5.41, 5.74) is 1.68. The Morgan fingerprint density at radius 3 is 2.80 bits per heavy atom. The van der Waals surface area contributed by atoms with Gasteiger partial charge in [0.05, 0.1) is 12.8 Å². The molecule has 0 spiro atoms. The molecule has 0 aliphatic heterocycles. The van der Waals surface area contributed by atoms with Crippen LogP contribution in [0.4, 0.5) is 0 Å². The van der Waals surface area contributed by atoms with Gasteiger partial charge in [-0.3, -0.25) is 9.36 Å². The van der Waals surface area contributed by atoms with Crippen molar-refractivity contribution in [1.82, 2.24) is 8.97 Å². The Labute approximate surface area is 87.7 Å². The van der Waals surface area contributed by atoms with E-state index in [0.29, 0.717) is 18.0 Å². The molecule has 2 rings (SSSR count). The number of nitrogens with zero attached hydrogens (tertiary/aromatic N) is 2. The zero-order valence-electron chi connectivity index (χ0n) is 9.15. The van der Waals surface area contributed by atoms with E-state index < -0.39 is 0 Å². The summed E-state index contributed by atoms with van der Waals surface area (Å²) < 4.78 is 8.77. The summed E-state index contributed by atoms with van der Waals surface area (Å²) in [6, 6.07) is 3.75. The Hall–Kier alpha value is -1.71. The number of aryl methyl sites for hydroxylation is 1. The number of hydrogen-bond donors (Lipinski definition) is 0. The lowest BCUT2D eigenvalue weighted by Gasteiger charge is -2.09. The lowest BCUT2D eigenvalue weighted by Crippen LogP contribution is -2.21. The predicted octanol–water partition coefficient (Wildman–Crippen LogP) is 1.35. The van der Waals surface area contributed by atoms with Crippen LogP contribution in [0.5, 0.6) is 5.88 Å². The Kier molecular flexibility index (Phi) is 2.26. The van der Waals surface area contributed by atoms with Crippen LogP contribution in [0.1, 0.15) is 12.6 Å². The minimum absolute atomic E-state index is 0.0333. The van der Waals surface area contributed by atoms with Crippen LogP contribution in [0.15, 0.2) is 23.1 Å². The first-order valence-corrected chi connectivity index (χ1v) is 4.95. The number of rotatable bonds is 2. The molecule has 0 saturated carbocycles. The summed E-state index contributed by atoms with van der Waals surface area (Å²) in [4.78, 5) is 11.9. The maximum absolute atomic E-state index is 11.9. The third-order valence-corrected chi connectivity index (χ3v) is 2.51. The van der Waals surface area contributed by atoms with E-state index in [1.807, 2.05) is 36.6 Å². The molecule has 0 saturated heterocycles. The fourth-order valence-electron chi connectivity index (χ4n) is 1.65. The molecule has 0 unspecified atom stereocenters. The monoisotopic (exact) mass is 206 g/mol. The van der Waals surface area contributed by atoms with Crippen LogP contribution in [-0.2, 0) is 7.05 Å². The number of fused-ring (bicyclic) bond motifs is 1. The van der Waals surface area contributed by atoms with Crippen LogP contribution in [0.25, 0.3) is 5.52 Å². The van der Waals surface area contributed by atoms with Crippen molar-refractivity contribution < 1.29 is 4.74 Å².